The molecule has 3 aromatic carbocycles. The Morgan fingerprint density at radius 3 is 1.97 bits per heavy atom. The predicted molar refractivity (Wildman–Crippen MR) is 141 cm³/mol. The maximum absolute atomic E-state index is 12.1. The Bertz CT molecular complexity index is 1430. The van der Waals surface area contributed by atoms with E-state index in [0.29, 0.717) is 51.5 Å². The van der Waals surface area contributed by atoms with Gasteiger partial charge in [-0.3, -0.25) is 4.68 Å². The van der Waals surface area contributed by atoms with Crippen molar-refractivity contribution < 1.29 is 28.5 Å². The maximum Gasteiger partial charge on any atom is 0.337 e. The Labute approximate surface area is 220 Å². The maximum atomic E-state index is 12.1. The third kappa shape index (κ3) is 5.20. The summed E-state index contributed by atoms with van der Waals surface area (Å²) in [4.78, 5) is 12.1. The Hall–Kier alpha value is -4.17. The lowest BCUT2D eigenvalue weighted by Gasteiger charge is -2.12. The van der Waals surface area contributed by atoms with Crippen LogP contribution >= 0.6 is 11.6 Å². The highest BCUT2D eigenvalue weighted by molar-refractivity contribution is 6.35. The zero-order chi connectivity index (χ0) is 26.5. The average Bonchev–Trinajstić information content (AvgIpc) is 3.26. The smallest absolute Gasteiger partial charge is 0.337 e. The van der Waals surface area contributed by atoms with Gasteiger partial charge in [0.15, 0.2) is 23.0 Å². The standard InChI is InChI=1S/C28H27ClN2O6/c1-33-21-11-9-18(14-23(21)35-3)26-25(29)27(19-10-12-22(34-2)24(15-19)36-4)31(30-26)16-17-7-6-8-20(13-17)28(32)37-5/h6-15H,16H2,1-5H3. The lowest BCUT2D eigenvalue weighted by Crippen LogP contribution is -2.07. The monoisotopic (exact) mass is 522 g/mol. The van der Waals surface area contributed by atoms with Crippen molar-refractivity contribution in [2.45, 2.75) is 6.54 Å². The van der Waals surface area contributed by atoms with E-state index < -0.39 is 5.97 Å². The highest BCUT2D eigenvalue weighted by Crippen LogP contribution is 2.41. The Kier molecular flexibility index (Phi) is 7.89. The summed E-state index contributed by atoms with van der Waals surface area (Å²) in [7, 11) is 7.67. The van der Waals surface area contributed by atoms with Crippen LogP contribution in [-0.2, 0) is 11.3 Å². The Balaban J connectivity index is 1.88. The molecule has 0 aliphatic rings. The summed E-state index contributed by atoms with van der Waals surface area (Å²) in [5, 5.41) is 5.32. The first-order valence-electron chi connectivity index (χ1n) is 11.3. The Morgan fingerprint density at radius 2 is 1.38 bits per heavy atom. The predicted octanol–water partition coefficient (Wildman–Crippen LogP) is 5.74. The van der Waals surface area contributed by atoms with Gasteiger partial charge in [-0.05, 0) is 54.1 Å². The fraction of sp³-hybridized carbons (Fsp3) is 0.214. The molecule has 0 unspecified atom stereocenters. The molecule has 37 heavy (non-hydrogen) atoms. The summed E-state index contributed by atoms with van der Waals surface area (Å²) < 4.78 is 28.4. The van der Waals surface area contributed by atoms with Gasteiger partial charge in [0.2, 0.25) is 0 Å². The topological polar surface area (TPSA) is 81.0 Å². The van der Waals surface area contributed by atoms with Gasteiger partial charge in [-0.2, -0.15) is 5.10 Å². The van der Waals surface area contributed by atoms with E-state index in [9.17, 15) is 4.79 Å². The van der Waals surface area contributed by atoms with Crippen LogP contribution in [0.5, 0.6) is 23.0 Å². The summed E-state index contributed by atoms with van der Waals surface area (Å²) >= 11 is 7.01. The number of ether oxygens (including phenoxy) is 5. The first-order valence-corrected chi connectivity index (χ1v) is 11.7. The van der Waals surface area contributed by atoms with E-state index in [-0.39, 0.29) is 0 Å². The van der Waals surface area contributed by atoms with Crippen LogP contribution < -0.4 is 18.9 Å². The number of hydrogen-bond acceptors (Lipinski definition) is 7. The minimum Gasteiger partial charge on any atom is -0.493 e. The fourth-order valence-electron chi connectivity index (χ4n) is 4.07. The largest absolute Gasteiger partial charge is 0.493 e. The molecule has 0 saturated heterocycles. The van der Waals surface area contributed by atoms with Crippen molar-refractivity contribution in [2.24, 2.45) is 0 Å². The van der Waals surface area contributed by atoms with Crippen LogP contribution in [0.4, 0.5) is 0 Å². The van der Waals surface area contributed by atoms with Crippen molar-refractivity contribution in [3.05, 3.63) is 76.8 Å². The van der Waals surface area contributed by atoms with Gasteiger partial charge < -0.3 is 23.7 Å². The normalized spacial score (nSPS) is 10.6. The summed E-state index contributed by atoms with van der Waals surface area (Å²) in [6, 6.07) is 18.3. The van der Waals surface area contributed by atoms with Gasteiger partial charge in [-0.25, -0.2) is 4.79 Å². The van der Waals surface area contributed by atoms with Crippen molar-refractivity contribution >= 4 is 17.6 Å². The number of carbonyl (C=O) groups is 1. The van der Waals surface area contributed by atoms with E-state index in [2.05, 4.69) is 0 Å². The molecule has 0 aliphatic carbocycles. The Morgan fingerprint density at radius 1 is 0.784 bits per heavy atom. The molecule has 8 nitrogen and oxygen atoms in total. The number of halogens is 1. The number of esters is 1. The molecule has 1 aromatic heterocycles. The molecular formula is C28H27ClN2O6. The molecule has 0 aliphatic heterocycles. The zero-order valence-electron chi connectivity index (χ0n) is 21.2. The summed E-state index contributed by atoms with van der Waals surface area (Å²) in [6.45, 7) is 0.349. The van der Waals surface area contributed by atoms with Crippen LogP contribution in [0.2, 0.25) is 5.02 Å². The van der Waals surface area contributed by atoms with Crippen molar-refractivity contribution in [3.8, 4) is 45.5 Å². The number of benzene rings is 3. The lowest BCUT2D eigenvalue weighted by atomic mass is 10.1. The molecule has 0 N–H and O–H groups in total. The van der Waals surface area contributed by atoms with E-state index in [1.807, 2.05) is 36.4 Å². The molecule has 4 aromatic rings. The highest BCUT2D eigenvalue weighted by Gasteiger charge is 2.22. The van der Waals surface area contributed by atoms with E-state index in [1.54, 1.807) is 57.4 Å². The lowest BCUT2D eigenvalue weighted by molar-refractivity contribution is 0.0600. The average molecular weight is 523 g/mol. The SMILES string of the molecule is COC(=O)c1cccc(Cn2nc(-c3ccc(OC)c(OC)c3)c(Cl)c2-c2ccc(OC)c(OC)c2)c1. The number of rotatable bonds is 9. The van der Waals surface area contributed by atoms with Crippen molar-refractivity contribution in [1.82, 2.24) is 9.78 Å². The summed E-state index contributed by atoms with van der Waals surface area (Å²) in [6.07, 6.45) is 0. The first kappa shape index (κ1) is 25.9. The molecule has 0 atom stereocenters. The molecular weight excluding hydrogens is 496 g/mol. The number of nitrogens with zero attached hydrogens (tertiary/aromatic N) is 2. The number of carbonyl (C=O) groups excluding carboxylic acids is 1. The van der Waals surface area contributed by atoms with Gasteiger partial charge in [-0.1, -0.05) is 23.7 Å². The van der Waals surface area contributed by atoms with E-state index in [1.165, 1.54) is 7.11 Å². The molecule has 192 valence electrons. The van der Waals surface area contributed by atoms with Crippen LogP contribution in [0.15, 0.2) is 60.7 Å². The van der Waals surface area contributed by atoms with Gasteiger partial charge in [0, 0.05) is 11.1 Å². The van der Waals surface area contributed by atoms with Crippen LogP contribution in [0.25, 0.3) is 22.5 Å². The second-order valence-electron chi connectivity index (χ2n) is 8.00. The van der Waals surface area contributed by atoms with Gasteiger partial charge in [0.1, 0.15) is 5.69 Å². The second-order valence-corrected chi connectivity index (χ2v) is 8.38. The fourth-order valence-corrected chi connectivity index (χ4v) is 4.42. The van der Waals surface area contributed by atoms with Crippen molar-refractivity contribution in [2.75, 3.05) is 35.5 Å². The number of aromatic nitrogens is 2. The quantitative estimate of drug-likeness (QED) is 0.259. The third-order valence-electron chi connectivity index (χ3n) is 5.89. The minimum atomic E-state index is -0.411. The molecule has 0 fully saturated rings. The van der Waals surface area contributed by atoms with Gasteiger partial charge in [0.05, 0.1) is 58.4 Å². The third-order valence-corrected chi connectivity index (χ3v) is 6.25. The van der Waals surface area contributed by atoms with Crippen LogP contribution in [-0.4, -0.2) is 51.3 Å². The molecule has 0 saturated carbocycles. The minimum absolute atomic E-state index is 0.349. The van der Waals surface area contributed by atoms with Crippen LogP contribution in [0, 0.1) is 0 Å². The zero-order valence-corrected chi connectivity index (χ0v) is 22.0. The van der Waals surface area contributed by atoms with Crippen molar-refractivity contribution in [1.29, 1.82) is 0 Å². The van der Waals surface area contributed by atoms with E-state index in [4.69, 9.17) is 40.4 Å². The molecule has 0 spiro atoms. The first-order chi connectivity index (χ1) is 17.9. The molecule has 0 bridgehead atoms. The van der Waals surface area contributed by atoms with Crippen molar-refractivity contribution in [3.63, 3.8) is 0 Å². The summed E-state index contributed by atoms with van der Waals surface area (Å²) in [5.41, 5.74) is 4.08. The number of hydrogen-bond donors (Lipinski definition) is 0. The van der Waals surface area contributed by atoms with Crippen LogP contribution in [0.3, 0.4) is 0 Å². The van der Waals surface area contributed by atoms with E-state index >= 15 is 0 Å². The van der Waals surface area contributed by atoms with Gasteiger partial charge >= 0.3 is 5.97 Å². The second kappa shape index (κ2) is 11.3. The number of methoxy groups -OCH3 is 5. The van der Waals surface area contributed by atoms with Gasteiger partial charge in [-0.15, -0.1) is 0 Å². The summed E-state index contributed by atoms with van der Waals surface area (Å²) in [5.74, 6) is 1.90. The molecule has 0 amide bonds. The molecule has 0 radical (unpaired) electrons. The molecule has 1 heterocycles. The van der Waals surface area contributed by atoms with E-state index in [0.717, 1.165) is 16.7 Å². The highest BCUT2D eigenvalue weighted by atomic mass is 35.5. The van der Waals surface area contributed by atoms with Crippen LogP contribution in [0.1, 0.15) is 15.9 Å². The molecule has 4 rings (SSSR count). The van der Waals surface area contributed by atoms with Gasteiger partial charge in [0.25, 0.3) is 0 Å². The molecule has 9 heteroatoms.